The van der Waals surface area contributed by atoms with Gasteiger partial charge in [0.05, 0.1) is 0 Å². The predicted octanol–water partition coefficient (Wildman–Crippen LogP) is 3.61. The molecule has 1 aliphatic carbocycles. The molecule has 0 aliphatic heterocycles. The topological polar surface area (TPSA) is 34.1 Å². The van der Waals surface area contributed by atoms with E-state index in [-0.39, 0.29) is 11.6 Å². The third-order valence-electron chi connectivity index (χ3n) is 5.03. The molecular weight excluding hydrogens is 363 g/mol. The van der Waals surface area contributed by atoms with E-state index in [2.05, 4.69) is 36.4 Å². The van der Waals surface area contributed by atoms with Crippen LogP contribution in [0.2, 0.25) is 0 Å². The quantitative estimate of drug-likeness (QED) is 0.498. The van der Waals surface area contributed by atoms with E-state index in [1.165, 1.54) is 34.1 Å². The summed E-state index contributed by atoms with van der Waals surface area (Å²) in [6.45, 7) is 0. The van der Waals surface area contributed by atoms with Gasteiger partial charge in [-0.15, -0.1) is 0 Å². The molecule has 28 heavy (non-hydrogen) atoms. The maximum absolute atomic E-state index is 12.6. The molecule has 0 radical (unpaired) electrons. The Labute approximate surface area is 165 Å². The van der Waals surface area contributed by atoms with Gasteiger partial charge < -0.3 is 0 Å². The monoisotopic (exact) mass is 383 g/mol. The number of benzene rings is 3. The maximum Gasteiger partial charge on any atom is 0.185 e. The van der Waals surface area contributed by atoms with Gasteiger partial charge in [-0.25, -0.2) is 0 Å². The lowest BCUT2D eigenvalue weighted by Gasteiger charge is -2.28. The van der Waals surface area contributed by atoms with E-state index in [4.69, 9.17) is 0 Å². The standard InChI is InChI=1S/C25H20O2P/c26-21-16-17-25(27)20(18-21)19-28(22-10-4-1-5-11-22,23-12-6-2-7-13-23)24-14-8-3-9-15-24/h1-18H,19H2/q+1. The minimum absolute atomic E-state index is 0.0771. The molecule has 0 N–H and O–H groups in total. The van der Waals surface area contributed by atoms with Crippen LogP contribution in [-0.4, -0.2) is 17.7 Å². The molecule has 0 unspecified atom stereocenters. The first kappa shape index (κ1) is 18.3. The summed E-state index contributed by atoms with van der Waals surface area (Å²) in [5, 5.41) is 3.59. The molecule has 0 aromatic heterocycles. The van der Waals surface area contributed by atoms with Crippen LogP contribution in [0, 0.1) is 0 Å². The highest BCUT2D eigenvalue weighted by molar-refractivity contribution is 7.95. The smallest absolute Gasteiger partial charge is 0.185 e. The van der Waals surface area contributed by atoms with E-state index in [9.17, 15) is 9.59 Å². The molecule has 2 nitrogen and oxygen atoms in total. The van der Waals surface area contributed by atoms with Crippen molar-refractivity contribution in [1.29, 1.82) is 0 Å². The van der Waals surface area contributed by atoms with Gasteiger partial charge in [0.25, 0.3) is 0 Å². The Morgan fingerprint density at radius 3 is 1.43 bits per heavy atom. The molecule has 0 saturated carbocycles. The van der Waals surface area contributed by atoms with Gasteiger partial charge in [0, 0.05) is 5.57 Å². The van der Waals surface area contributed by atoms with Crippen LogP contribution in [-0.2, 0) is 9.59 Å². The Morgan fingerprint density at radius 2 is 1.00 bits per heavy atom. The van der Waals surface area contributed by atoms with Crippen molar-refractivity contribution in [1.82, 2.24) is 0 Å². The van der Waals surface area contributed by atoms with E-state index in [0.717, 1.165) is 0 Å². The Morgan fingerprint density at radius 1 is 0.571 bits per heavy atom. The first-order valence-corrected chi connectivity index (χ1v) is 11.2. The van der Waals surface area contributed by atoms with Gasteiger partial charge in [0.15, 0.2) is 11.6 Å². The Balaban J connectivity index is 1.99. The van der Waals surface area contributed by atoms with Crippen molar-refractivity contribution in [3.63, 3.8) is 0 Å². The van der Waals surface area contributed by atoms with Gasteiger partial charge in [-0.05, 0) is 54.6 Å². The molecule has 0 saturated heterocycles. The van der Waals surface area contributed by atoms with Crippen LogP contribution < -0.4 is 15.9 Å². The second-order valence-electron chi connectivity index (χ2n) is 6.74. The summed E-state index contributed by atoms with van der Waals surface area (Å²) >= 11 is 0. The molecular formula is C25H20O2P+. The van der Waals surface area contributed by atoms with Gasteiger partial charge in [-0.2, -0.15) is 0 Å². The van der Waals surface area contributed by atoms with Crippen LogP contribution in [0.5, 0.6) is 0 Å². The zero-order chi connectivity index (χ0) is 19.4. The normalized spacial score (nSPS) is 14.1. The lowest BCUT2D eigenvalue weighted by molar-refractivity contribution is -0.114. The fourth-order valence-corrected chi connectivity index (χ4v) is 7.95. The zero-order valence-electron chi connectivity index (χ0n) is 15.4. The fraction of sp³-hybridized carbons (Fsp3) is 0.0400. The van der Waals surface area contributed by atoms with Gasteiger partial charge >= 0.3 is 0 Å². The summed E-state index contributed by atoms with van der Waals surface area (Å²) < 4.78 is 0. The molecule has 0 bridgehead atoms. The summed E-state index contributed by atoms with van der Waals surface area (Å²) in [7, 11) is -2.16. The van der Waals surface area contributed by atoms with Crippen molar-refractivity contribution in [3.05, 3.63) is 115 Å². The number of hydrogen-bond donors (Lipinski definition) is 0. The molecule has 3 aromatic carbocycles. The fourth-order valence-electron chi connectivity index (χ4n) is 3.70. The van der Waals surface area contributed by atoms with Crippen molar-refractivity contribution >= 4 is 34.7 Å². The van der Waals surface area contributed by atoms with Crippen molar-refractivity contribution in [2.75, 3.05) is 6.16 Å². The molecule has 0 heterocycles. The van der Waals surface area contributed by atoms with Gasteiger partial charge in [0.2, 0.25) is 0 Å². The summed E-state index contributed by atoms with van der Waals surface area (Å²) in [5.74, 6) is -0.200. The van der Waals surface area contributed by atoms with Crippen LogP contribution in [0.25, 0.3) is 0 Å². The number of carbonyl (C=O) groups excluding carboxylic acids is 2. The zero-order valence-corrected chi connectivity index (χ0v) is 16.3. The molecule has 0 spiro atoms. The number of ketones is 2. The van der Waals surface area contributed by atoms with E-state index in [1.807, 2.05) is 54.6 Å². The highest BCUT2D eigenvalue weighted by Crippen LogP contribution is 2.56. The first-order valence-electron chi connectivity index (χ1n) is 9.22. The van der Waals surface area contributed by atoms with Crippen LogP contribution in [0.15, 0.2) is 115 Å². The maximum atomic E-state index is 12.6. The van der Waals surface area contributed by atoms with Crippen molar-refractivity contribution in [2.45, 2.75) is 0 Å². The largest absolute Gasteiger partial charge is 0.290 e. The molecule has 3 aromatic rings. The van der Waals surface area contributed by atoms with Gasteiger partial charge in [-0.1, -0.05) is 54.6 Å². The van der Waals surface area contributed by atoms with Gasteiger partial charge in [-0.3, -0.25) is 9.59 Å². The van der Waals surface area contributed by atoms with Crippen LogP contribution in [0.3, 0.4) is 0 Å². The summed E-state index contributed by atoms with van der Waals surface area (Å²) in [6, 6.07) is 31.1. The third-order valence-corrected chi connectivity index (χ3v) is 9.38. The SMILES string of the molecule is O=C1C=CC(=O)C(C[P+](c2ccccc2)(c2ccccc2)c2ccccc2)=C1. The average molecular weight is 383 g/mol. The van der Waals surface area contributed by atoms with Crippen LogP contribution >= 0.6 is 7.26 Å². The summed E-state index contributed by atoms with van der Waals surface area (Å²) in [6.07, 6.45) is 4.78. The number of allylic oxidation sites excluding steroid dienone is 4. The summed E-state index contributed by atoms with van der Waals surface area (Å²) in [5.41, 5.74) is 0.581. The minimum Gasteiger partial charge on any atom is -0.290 e. The van der Waals surface area contributed by atoms with E-state index >= 15 is 0 Å². The predicted molar refractivity (Wildman–Crippen MR) is 117 cm³/mol. The van der Waals surface area contributed by atoms with E-state index in [1.54, 1.807) is 0 Å². The van der Waals surface area contributed by atoms with E-state index in [0.29, 0.717) is 11.7 Å². The van der Waals surface area contributed by atoms with Crippen LogP contribution in [0.1, 0.15) is 0 Å². The molecule has 0 fully saturated rings. The lowest BCUT2D eigenvalue weighted by Crippen LogP contribution is -2.35. The minimum atomic E-state index is -2.16. The number of carbonyl (C=O) groups is 2. The van der Waals surface area contributed by atoms with Crippen molar-refractivity contribution < 1.29 is 9.59 Å². The van der Waals surface area contributed by atoms with Crippen LogP contribution in [0.4, 0.5) is 0 Å². The first-order chi connectivity index (χ1) is 13.7. The van der Waals surface area contributed by atoms with Crippen molar-refractivity contribution in [2.24, 2.45) is 0 Å². The third kappa shape index (κ3) is 3.40. The lowest BCUT2D eigenvalue weighted by atomic mass is 10.1. The molecule has 1 aliphatic rings. The highest BCUT2D eigenvalue weighted by Gasteiger charge is 2.46. The number of rotatable bonds is 5. The molecule has 0 atom stereocenters. The average Bonchev–Trinajstić information content (AvgIpc) is 2.76. The second-order valence-corrected chi connectivity index (χ2v) is 10.2. The van der Waals surface area contributed by atoms with Crippen molar-refractivity contribution in [3.8, 4) is 0 Å². The molecule has 4 rings (SSSR count). The Bertz CT molecular complexity index is 955. The highest BCUT2D eigenvalue weighted by atomic mass is 31.2. The molecule has 136 valence electrons. The van der Waals surface area contributed by atoms with Gasteiger partial charge in [0.1, 0.15) is 29.3 Å². The Kier molecular flexibility index (Phi) is 5.14. The molecule has 3 heteroatoms. The number of hydrogen-bond acceptors (Lipinski definition) is 2. The summed E-state index contributed by atoms with van der Waals surface area (Å²) in [4.78, 5) is 24.6. The molecule has 0 amide bonds. The Hall–Kier alpha value is -3.09. The second kappa shape index (κ2) is 7.88. The van der Waals surface area contributed by atoms with E-state index < -0.39 is 7.26 Å².